The van der Waals surface area contributed by atoms with Crippen LogP contribution in [-0.2, 0) is 0 Å². The number of rotatable bonds is 6. The molecule has 0 aromatic heterocycles. The maximum atomic E-state index is 9.99. The van der Waals surface area contributed by atoms with Crippen LogP contribution < -0.4 is 0 Å². The maximum Gasteiger partial charge on any atom is 0.0775 e. The Balaban J connectivity index is 4.93. The van der Waals surface area contributed by atoms with Gasteiger partial charge in [-0.25, -0.2) is 0 Å². The molecule has 0 aliphatic heterocycles. The molecule has 96 valence electrons. The van der Waals surface area contributed by atoms with E-state index in [0.29, 0.717) is 0 Å². The second-order valence-corrected chi connectivity index (χ2v) is 11.9. The summed E-state index contributed by atoms with van der Waals surface area (Å²) in [4.78, 5) is 0. The Morgan fingerprint density at radius 3 is 2.12 bits per heavy atom. The number of allylic oxidation sites excluding steroid dienone is 1. The van der Waals surface area contributed by atoms with Gasteiger partial charge in [0.25, 0.3) is 0 Å². The van der Waals surface area contributed by atoms with E-state index in [9.17, 15) is 10.2 Å². The van der Waals surface area contributed by atoms with Gasteiger partial charge in [-0.15, -0.1) is 6.58 Å². The summed E-state index contributed by atoms with van der Waals surface area (Å²) in [5.74, 6) is 0. The van der Waals surface area contributed by atoms with Gasteiger partial charge in [0.15, 0.2) is 0 Å². The van der Waals surface area contributed by atoms with E-state index in [-0.39, 0.29) is 17.2 Å². The Labute approximate surface area is 101 Å². The molecule has 0 rings (SSSR count). The lowest BCUT2D eigenvalue weighted by atomic mass is 10.1. The fourth-order valence-electron chi connectivity index (χ4n) is 2.02. The first-order valence-corrected chi connectivity index (χ1v) is 9.16. The lowest BCUT2D eigenvalue weighted by Crippen LogP contribution is -2.47. The third-order valence-electron chi connectivity index (χ3n) is 4.19. The molecule has 0 aliphatic carbocycles. The molecule has 0 aromatic rings. The molecule has 3 heteroatoms. The first kappa shape index (κ1) is 15.9. The second kappa shape index (κ2) is 5.99. The van der Waals surface area contributed by atoms with E-state index >= 15 is 0 Å². The van der Waals surface area contributed by atoms with Crippen LogP contribution >= 0.6 is 0 Å². The molecule has 2 N–H and O–H groups in total. The van der Waals surface area contributed by atoms with Crippen molar-refractivity contribution in [2.45, 2.75) is 63.4 Å². The van der Waals surface area contributed by atoms with Gasteiger partial charge in [0.1, 0.15) is 0 Å². The van der Waals surface area contributed by atoms with E-state index in [0.717, 1.165) is 12.8 Å². The molecule has 0 spiro atoms. The predicted molar refractivity (Wildman–Crippen MR) is 73.5 cm³/mol. The Morgan fingerprint density at radius 1 is 1.31 bits per heavy atom. The summed E-state index contributed by atoms with van der Waals surface area (Å²) < 4.78 is 0. The van der Waals surface area contributed by atoms with E-state index in [1.165, 1.54) is 0 Å². The SMILES string of the molecule is C=CCC[C@@H]([C@@H](O)CO)[Si](C)(C)C(C)(C)C. The molecule has 0 bridgehead atoms. The molecule has 16 heavy (non-hydrogen) atoms. The fourth-order valence-corrected chi connectivity index (χ4v) is 5.08. The molecule has 0 aromatic carbocycles. The van der Waals surface area contributed by atoms with Gasteiger partial charge in [0.2, 0.25) is 0 Å². The van der Waals surface area contributed by atoms with Gasteiger partial charge < -0.3 is 10.2 Å². The van der Waals surface area contributed by atoms with E-state index < -0.39 is 14.2 Å². The van der Waals surface area contributed by atoms with Gasteiger partial charge in [-0.1, -0.05) is 39.9 Å². The van der Waals surface area contributed by atoms with Crippen LogP contribution in [0.5, 0.6) is 0 Å². The molecule has 0 amide bonds. The highest BCUT2D eigenvalue weighted by atomic mass is 28.3. The minimum Gasteiger partial charge on any atom is -0.394 e. The van der Waals surface area contributed by atoms with Crippen molar-refractivity contribution in [2.75, 3.05) is 6.61 Å². The molecule has 0 saturated carbocycles. The van der Waals surface area contributed by atoms with Gasteiger partial charge in [-0.3, -0.25) is 0 Å². The smallest absolute Gasteiger partial charge is 0.0775 e. The van der Waals surface area contributed by atoms with Crippen LogP contribution in [0.15, 0.2) is 12.7 Å². The summed E-state index contributed by atoms with van der Waals surface area (Å²) in [5.41, 5.74) is 0.232. The Hall–Kier alpha value is -0.123. The number of aliphatic hydroxyl groups is 2. The second-order valence-electron chi connectivity index (χ2n) is 6.19. The van der Waals surface area contributed by atoms with Crippen LogP contribution in [0.2, 0.25) is 23.7 Å². The summed E-state index contributed by atoms with van der Waals surface area (Å²) in [7, 11) is -1.61. The highest BCUT2D eigenvalue weighted by Gasteiger charge is 2.44. The average molecular weight is 244 g/mol. The highest BCUT2D eigenvalue weighted by molar-refractivity contribution is 6.81. The first-order chi connectivity index (χ1) is 7.18. The molecule has 0 unspecified atom stereocenters. The van der Waals surface area contributed by atoms with Crippen LogP contribution in [-0.4, -0.2) is 31.0 Å². The molecule has 0 fully saturated rings. The molecule has 0 saturated heterocycles. The number of aliphatic hydroxyl groups excluding tert-OH is 2. The maximum absolute atomic E-state index is 9.99. The topological polar surface area (TPSA) is 40.5 Å². The Morgan fingerprint density at radius 2 is 1.81 bits per heavy atom. The molecule has 2 nitrogen and oxygen atoms in total. The summed E-state index contributed by atoms with van der Waals surface area (Å²) in [6.07, 6.45) is 3.15. The number of hydrogen-bond acceptors (Lipinski definition) is 2. The third-order valence-corrected chi connectivity index (χ3v) is 10.6. The van der Waals surface area contributed by atoms with Gasteiger partial charge in [0, 0.05) is 0 Å². The summed E-state index contributed by atoms with van der Waals surface area (Å²) in [5, 5.41) is 19.4. The zero-order valence-corrected chi connectivity index (χ0v) is 12.5. The van der Waals surface area contributed by atoms with Crippen LogP contribution in [0.3, 0.4) is 0 Å². The van der Waals surface area contributed by atoms with Gasteiger partial charge in [-0.2, -0.15) is 0 Å². The quantitative estimate of drug-likeness (QED) is 0.556. The number of hydrogen-bond donors (Lipinski definition) is 2. The van der Waals surface area contributed by atoms with Gasteiger partial charge in [-0.05, 0) is 23.4 Å². The predicted octanol–water partition coefficient (Wildman–Crippen LogP) is 3.18. The molecule has 0 aliphatic rings. The van der Waals surface area contributed by atoms with E-state index in [2.05, 4.69) is 40.4 Å². The van der Waals surface area contributed by atoms with Crippen molar-refractivity contribution in [3.8, 4) is 0 Å². The highest BCUT2D eigenvalue weighted by Crippen LogP contribution is 2.46. The van der Waals surface area contributed by atoms with E-state index in [4.69, 9.17) is 0 Å². The van der Waals surface area contributed by atoms with Crippen LogP contribution in [0, 0.1) is 0 Å². The lowest BCUT2D eigenvalue weighted by Gasteiger charge is -2.45. The van der Waals surface area contributed by atoms with E-state index in [1.54, 1.807) is 0 Å². The van der Waals surface area contributed by atoms with Crippen molar-refractivity contribution in [3.63, 3.8) is 0 Å². The summed E-state index contributed by atoms with van der Waals surface area (Å²) >= 11 is 0. The van der Waals surface area contributed by atoms with Crippen LogP contribution in [0.4, 0.5) is 0 Å². The Bertz CT molecular complexity index is 218. The van der Waals surface area contributed by atoms with Crippen LogP contribution in [0.1, 0.15) is 33.6 Å². The van der Waals surface area contributed by atoms with Crippen molar-refractivity contribution in [1.29, 1.82) is 0 Å². The fraction of sp³-hybridized carbons (Fsp3) is 0.846. The standard InChI is InChI=1S/C13H28O2Si/c1-7-8-9-12(11(15)10-14)16(5,6)13(2,3)4/h7,11-12,14-15H,1,8-10H2,2-6H3/t11-,12-/m0/s1. The zero-order valence-electron chi connectivity index (χ0n) is 11.5. The molecule has 2 atom stereocenters. The largest absolute Gasteiger partial charge is 0.394 e. The zero-order chi connectivity index (χ0) is 13.0. The first-order valence-electron chi connectivity index (χ1n) is 6.08. The van der Waals surface area contributed by atoms with Crippen LogP contribution in [0.25, 0.3) is 0 Å². The van der Waals surface area contributed by atoms with E-state index in [1.807, 2.05) is 6.08 Å². The van der Waals surface area contributed by atoms with Crippen molar-refractivity contribution >= 4 is 8.07 Å². The molecule has 0 heterocycles. The molecular weight excluding hydrogens is 216 g/mol. The minimum absolute atomic E-state index is 0.131. The summed E-state index contributed by atoms with van der Waals surface area (Å²) in [6.45, 7) is 14.9. The molecular formula is C13H28O2Si. The molecule has 0 radical (unpaired) electrons. The lowest BCUT2D eigenvalue weighted by molar-refractivity contribution is 0.0840. The van der Waals surface area contributed by atoms with Gasteiger partial charge in [0.05, 0.1) is 20.8 Å². The third kappa shape index (κ3) is 3.72. The van der Waals surface area contributed by atoms with Crippen molar-refractivity contribution in [2.24, 2.45) is 0 Å². The average Bonchev–Trinajstić information content (AvgIpc) is 2.15. The van der Waals surface area contributed by atoms with Crippen molar-refractivity contribution < 1.29 is 10.2 Å². The van der Waals surface area contributed by atoms with Gasteiger partial charge >= 0.3 is 0 Å². The normalized spacial score (nSPS) is 16.9. The van der Waals surface area contributed by atoms with Crippen molar-refractivity contribution in [3.05, 3.63) is 12.7 Å². The van der Waals surface area contributed by atoms with Crippen molar-refractivity contribution in [1.82, 2.24) is 0 Å². The monoisotopic (exact) mass is 244 g/mol. The summed E-state index contributed by atoms with van der Waals surface area (Å²) in [6, 6.07) is 0. The minimum atomic E-state index is -1.61. The Kier molecular flexibility index (Phi) is 5.94.